The van der Waals surface area contributed by atoms with E-state index in [9.17, 15) is 0 Å². The van der Waals surface area contributed by atoms with E-state index in [2.05, 4.69) is 0 Å². The molecular weight excluding hydrogens is 78.3 g/mol. The molecule has 0 aromatic carbocycles. The second-order valence-electron chi connectivity index (χ2n) is 0.115. The largest absolute Gasteiger partial charge is 0.482 e. The molecule has 0 unspecified atom stereocenters. The predicted molar refractivity (Wildman–Crippen MR) is 17.4 cm³/mol. The Morgan fingerprint density at radius 1 is 1.25 bits per heavy atom. The predicted octanol–water partition coefficient (Wildman–Crippen LogP) is -1.07. The summed E-state index contributed by atoms with van der Waals surface area (Å²) in [7, 11) is 0. The molecular formula is H3BClO2. The normalized spacial score (nSPS) is 3.50. The average molecular weight is 81.3 g/mol. The average Bonchev–Trinajstić information content (AvgIpc) is 0.918. The van der Waals surface area contributed by atoms with Crippen molar-refractivity contribution in [3.05, 3.63) is 0 Å². The van der Waals surface area contributed by atoms with Crippen molar-refractivity contribution in [3.63, 3.8) is 0 Å². The maximum Gasteiger partial charge on any atom is 0.482 e. The first-order valence-electron chi connectivity index (χ1n) is 0.516. The number of hydrogen-bond acceptors (Lipinski definition) is 2. The van der Waals surface area contributed by atoms with Gasteiger partial charge in [-0.25, -0.2) is 0 Å². The van der Waals surface area contributed by atoms with Crippen LogP contribution < -0.4 is 0 Å². The van der Waals surface area contributed by atoms with Gasteiger partial charge in [0.1, 0.15) is 0 Å². The smallest absolute Gasteiger partial charge is 0.429 e. The first-order chi connectivity index (χ1) is 1.41. The van der Waals surface area contributed by atoms with Crippen molar-refractivity contribution in [1.29, 1.82) is 0 Å². The lowest BCUT2D eigenvalue weighted by Crippen LogP contribution is -1.75. The van der Waals surface area contributed by atoms with Crippen LogP contribution in [0.3, 0.4) is 0 Å². The van der Waals surface area contributed by atoms with Crippen molar-refractivity contribution in [2.24, 2.45) is 0 Å². The molecule has 0 aromatic heterocycles. The Morgan fingerprint density at radius 2 is 1.25 bits per heavy atom. The summed E-state index contributed by atoms with van der Waals surface area (Å²) in [5.41, 5.74) is 0. The van der Waals surface area contributed by atoms with Crippen LogP contribution in [-0.4, -0.2) is 17.7 Å². The molecule has 4 heavy (non-hydrogen) atoms. The van der Waals surface area contributed by atoms with Crippen LogP contribution in [0.25, 0.3) is 0 Å². The molecule has 0 fully saturated rings. The zero-order chi connectivity index (χ0) is 2.71. The topological polar surface area (TPSA) is 40.5 Å². The zero-order valence-electron chi connectivity index (χ0n) is 1.88. The van der Waals surface area contributed by atoms with Crippen molar-refractivity contribution in [3.8, 4) is 0 Å². The van der Waals surface area contributed by atoms with Gasteiger partial charge in [-0.05, 0) is 0 Å². The third-order valence-corrected chi connectivity index (χ3v) is 0. The highest BCUT2D eigenvalue weighted by Gasteiger charge is 1.51. The van der Waals surface area contributed by atoms with Gasteiger partial charge in [0, 0.05) is 0 Å². The summed E-state index contributed by atoms with van der Waals surface area (Å²) in [6, 6.07) is 0. The lowest BCUT2D eigenvalue weighted by Gasteiger charge is -1.46. The van der Waals surface area contributed by atoms with E-state index in [4.69, 9.17) is 10.0 Å². The highest BCUT2D eigenvalue weighted by atomic mass is 35.5. The van der Waals surface area contributed by atoms with Crippen molar-refractivity contribution >= 4 is 20.1 Å². The lowest BCUT2D eigenvalue weighted by molar-refractivity contribution is 0.448. The molecule has 0 aromatic rings. The van der Waals surface area contributed by atoms with Crippen LogP contribution in [0.5, 0.6) is 0 Å². The quantitative estimate of drug-likeness (QED) is 0.364. The summed E-state index contributed by atoms with van der Waals surface area (Å²) in [4.78, 5) is 0. The summed E-state index contributed by atoms with van der Waals surface area (Å²) in [6.45, 7) is 0. The van der Waals surface area contributed by atoms with Crippen LogP contribution in [0.4, 0.5) is 0 Å². The molecule has 0 aliphatic carbocycles. The Kier molecular flexibility index (Phi) is 23.1. The fourth-order valence-corrected chi connectivity index (χ4v) is 0. The summed E-state index contributed by atoms with van der Waals surface area (Å²) in [5, 5.41) is 14.0. The summed E-state index contributed by atoms with van der Waals surface area (Å²) >= 11 is 0. The summed E-state index contributed by atoms with van der Waals surface area (Å²) in [6.07, 6.45) is 0. The van der Waals surface area contributed by atoms with Gasteiger partial charge in [0.25, 0.3) is 0 Å². The molecule has 0 atom stereocenters. The van der Waals surface area contributed by atoms with Gasteiger partial charge < -0.3 is 10.0 Å². The van der Waals surface area contributed by atoms with Gasteiger partial charge in [-0.1, -0.05) is 0 Å². The van der Waals surface area contributed by atoms with Gasteiger partial charge in [0.15, 0.2) is 0 Å². The third kappa shape index (κ3) is 48.9. The standard InChI is InChI=1S/BH2O2.ClH/c2-1-3;/h2-3H;1H. The monoisotopic (exact) mass is 81.0 g/mol. The van der Waals surface area contributed by atoms with Gasteiger partial charge >= 0.3 is 7.69 Å². The molecule has 0 rings (SSSR count). The van der Waals surface area contributed by atoms with E-state index in [0.29, 0.717) is 0 Å². The molecule has 1 radical (unpaired) electrons. The Bertz CT molecular complexity index is 6.00. The van der Waals surface area contributed by atoms with Crippen molar-refractivity contribution in [2.45, 2.75) is 0 Å². The van der Waals surface area contributed by atoms with Crippen molar-refractivity contribution in [2.75, 3.05) is 0 Å². The SMILES string of the molecule is Cl.O[B]O. The van der Waals surface area contributed by atoms with Crippen LogP contribution in [0.2, 0.25) is 0 Å². The van der Waals surface area contributed by atoms with Gasteiger partial charge in [0.2, 0.25) is 0 Å². The molecule has 0 heterocycles. The van der Waals surface area contributed by atoms with E-state index >= 15 is 0 Å². The highest BCUT2D eigenvalue weighted by Crippen LogP contribution is 1.08. The number of halogens is 1. The van der Waals surface area contributed by atoms with Gasteiger partial charge in [-0.3, -0.25) is 0 Å². The van der Waals surface area contributed by atoms with Gasteiger partial charge in [-0.2, -0.15) is 0 Å². The fourth-order valence-electron chi connectivity index (χ4n) is 0. The van der Waals surface area contributed by atoms with Crippen molar-refractivity contribution < 1.29 is 10.0 Å². The maximum atomic E-state index is 7.00. The molecule has 2 nitrogen and oxygen atoms in total. The molecule has 0 bridgehead atoms. The Hall–Kier alpha value is 0.275. The minimum Gasteiger partial charge on any atom is -0.429 e. The number of hydrogen-bond donors (Lipinski definition) is 2. The van der Waals surface area contributed by atoms with E-state index in [-0.39, 0.29) is 20.1 Å². The first-order valence-corrected chi connectivity index (χ1v) is 0.516. The molecule has 4 heteroatoms. The first kappa shape index (κ1) is 8.86. The molecule has 0 saturated carbocycles. The van der Waals surface area contributed by atoms with Crippen molar-refractivity contribution in [1.82, 2.24) is 0 Å². The Balaban J connectivity index is 0. The highest BCUT2D eigenvalue weighted by molar-refractivity contribution is 6.13. The van der Waals surface area contributed by atoms with E-state index in [0.717, 1.165) is 0 Å². The van der Waals surface area contributed by atoms with E-state index < -0.39 is 0 Å². The van der Waals surface area contributed by atoms with Gasteiger partial charge in [0.05, 0.1) is 0 Å². The van der Waals surface area contributed by atoms with E-state index in [1.165, 1.54) is 0 Å². The van der Waals surface area contributed by atoms with Crippen LogP contribution in [-0.2, 0) is 0 Å². The van der Waals surface area contributed by atoms with Crippen LogP contribution in [0, 0.1) is 0 Å². The van der Waals surface area contributed by atoms with Crippen LogP contribution in [0.15, 0.2) is 0 Å². The zero-order valence-corrected chi connectivity index (χ0v) is 2.70. The Morgan fingerprint density at radius 3 is 1.25 bits per heavy atom. The molecule has 0 aliphatic heterocycles. The minimum atomic E-state index is 0. The third-order valence-electron chi connectivity index (χ3n) is 0. The molecule has 0 amide bonds. The second-order valence-corrected chi connectivity index (χ2v) is 0.115. The molecule has 0 aliphatic rings. The Labute approximate surface area is 31.2 Å². The van der Waals surface area contributed by atoms with Crippen LogP contribution >= 0.6 is 12.4 Å². The molecule has 25 valence electrons. The fraction of sp³-hybridized carbons (Fsp3) is 0. The second kappa shape index (κ2) is 10.4. The van der Waals surface area contributed by atoms with E-state index in [1.807, 2.05) is 0 Å². The summed E-state index contributed by atoms with van der Waals surface area (Å²) < 4.78 is 0. The number of rotatable bonds is 0. The molecule has 0 saturated heterocycles. The molecule has 2 N–H and O–H groups in total. The lowest BCUT2D eigenvalue weighted by atomic mass is 10.5. The summed E-state index contributed by atoms with van der Waals surface area (Å²) in [5.74, 6) is 0. The van der Waals surface area contributed by atoms with Gasteiger partial charge in [-0.15, -0.1) is 12.4 Å². The van der Waals surface area contributed by atoms with E-state index in [1.54, 1.807) is 0 Å². The molecule has 0 spiro atoms. The maximum absolute atomic E-state index is 7.00. The minimum absolute atomic E-state index is 0. The van der Waals surface area contributed by atoms with Crippen LogP contribution in [0.1, 0.15) is 0 Å².